The topological polar surface area (TPSA) is 41.8 Å². The van der Waals surface area contributed by atoms with Crippen molar-refractivity contribution in [3.63, 3.8) is 0 Å². The molecule has 0 spiro atoms. The van der Waals surface area contributed by atoms with Crippen molar-refractivity contribution in [2.24, 2.45) is 5.16 Å². The van der Waals surface area contributed by atoms with Crippen molar-refractivity contribution in [3.8, 4) is 5.75 Å². The number of nitrogens with zero attached hydrogens (tertiary/aromatic N) is 1. The SMILES string of the molecule is C/C(=N/O)c1cc(C)ccc1OCc1ccc(F)c(Cl)c1. The maximum absolute atomic E-state index is 13.1. The number of hydrogen-bond donors (Lipinski definition) is 1. The van der Waals surface area contributed by atoms with Crippen molar-refractivity contribution in [3.05, 3.63) is 63.9 Å². The smallest absolute Gasteiger partial charge is 0.141 e. The van der Waals surface area contributed by atoms with Crippen molar-refractivity contribution in [2.45, 2.75) is 20.5 Å². The van der Waals surface area contributed by atoms with E-state index < -0.39 is 5.82 Å². The molecular formula is C16H15ClFNO2. The third-order valence-corrected chi connectivity index (χ3v) is 3.34. The van der Waals surface area contributed by atoms with E-state index >= 15 is 0 Å². The molecule has 21 heavy (non-hydrogen) atoms. The summed E-state index contributed by atoms with van der Waals surface area (Å²) in [5.41, 5.74) is 2.97. The Bertz CT molecular complexity index is 686. The predicted molar refractivity (Wildman–Crippen MR) is 80.9 cm³/mol. The minimum Gasteiger partial charge on any atom is -0.488 e. The van der Waals surface area contributed by atoms with Gasteiger partial charge in [-0.05, 0) is 43.7 Å². The van der Waals surface area contributed by atoms with Gasteiger partial charge in [0.2, 0.25) is 0 Å². The standard InChI is InChI=1S/C16H15ClFNO2/c1-10-3-6-16(13(7-10)11(2)19-20)21-9-12-4-5-15(18)14(17)8-12/h3-8,20H,9H2,1-2H3/b19-11-. The monoisotopic (exact) mass is 307 g/mol. The zero-order valence-electron chi connectivity index (χ0n) is 11.7. The number of aryl methyl sites for hydroxylation is 1. The lowest BCUT2D eigenvalue weighted by Crippen LogP contribution is -2.03. The van der Waals surface area contributed by atoms with E-state index in [9.17, 15) is 4.39 Å². The van der Waals surface area contributed by atoms with Gasteiger partial charge in [0.15, 0.2) is 0 Å². The number of rotatable bonds is 4. The van der Waals surface area contributed by atoms with Crippen LogP contribution >= 0.6 is 11.6 Å². The maximum atomic E-state index is 13.1. The van der Waals surface area contributed by atoms with Crippen LogP contribution in [0.5, 0.6) is 5.75 Å². The minimum absolute atomic E-state index is 0.0633. The Hall–Kier alpha value is -2.07. The number of oxime groups is 1. The van der Waals surface area contributed by atoms with Crippen molar-refractivity contribution >= 4 is 17.3 Å². The molecule has 0 bridgehead atoms. The Morgan fingerprint density at radius 3 is 2.71 bits per heavy atom. The van der Waals surface area contributed by atoms with Gasteiger partial charge in [-0.1, -0.05) is 34.5 Å². The van der Waals surface area contributed by atoms with Gasteiger partial charge >= 0.3 is 0 Å². The first kappa shape index (κ1) is 15.3. The highest BCUT2D eigenvalue weighted by Crippen LogP contribution is 2.23. The van der Waals surface area contributed by atoms with E-state index in [4.69, 9.17) is 21.5 Å². The van der Waals surface area contributed by atoms with Crippen LogP contribution in [0.2, 0.25) is 5.02 Å². The van der Waals surface area contributed by atoms with Crippen LogP contribution in [0.3, 0.4) is 0 Å². The number of hydrogen-bond acceptors (Lipinski definition) is 3. The normalized spacial score (nSPS) is 11.5. The third-order valence-electron chi connectivity index (χ3n) is 3.05. The summed E-state index contributed by atoms with van der Waals surface area (Å²) in [6.45, 7) is 3.88. The molecule has 2 aromatic carbocycles. The zero-order valence-corrected chi connectivity index (χ0v) is 12.5. The largest absolute Gasteiger partial charge is 0.488 e. The van der Waals surface area contributed by atoms with E-state index in [1.807, 2.05) is 25.1 Å². The van der Waals surface area contributed by atoms with E-state index in [-0.39, 0.29) is 11.6 Å². The van der Waals surface area contributed by atoms with E-state index in [0.717, 1.165) is 11.1 Å². The number of benzene rings is 2. The van der Waals surface area contributed by atoms with Crippen LogP contribution in [0, 0.1) is 12.7 Å². The first-order valence-corrected chi connectivity index (χ1v) is 6.75. The summed E-state index contributed by atoms with van der Waals surface area (Å²) in [6.07, 6.45) is 0. The summed E-state index contributed by atoms with van der Waals surface area (Å²) in [5.74, 6) is 0.135. The molecule has 0 heterocycles. The summed E-state index contributed by atoms with van der Waals surface area (Å²) in [4.78, 5) is 0. The molecule has 0 atom stereocenters. The number of halogens is 2. The quantitative estimate of drug-likeness (QED) is 0.511. The summed E-state index contributed by atoms with van der Waals surface area (Å²) >= 11 is 5.74. The van der Waals surface area contributed by atoms with Gasteiger partial charge in [0, 0.05) is 5.56 Å². The molecule has 3 nitrogen and oxygen atoms in total. The summed E-state index contributed by atoms with van der Waals surface area (Å²) in [5, 5.41) is 12.2. The van der Waals surface area contributed by atoms with Crippen LogP contribution in [0.15, 0.2) is 41.6 Å². The Balaban J connectivity index is 2.21. The number of ether oxygens (including phenoxy) is 1. The van der Waals surface area contributed by atoms with Gasteiger partial charge in [-0.15, -0.1) is 0 Å². The molecule has 0 saturated heterocycles. The first-order valence-electron chi connectivity index (χ1n) is 6.37. The highest BCUT2D eigenvalue weighted by Gasteiger charge is 2.09. The van der Waals surface area contributed by atoms with Crippen LogP contribution < -0.4 is 4.74 Å². The fourth-order valence-electron chi connectivity index (χ4n) is 1.90. The Morgan fingerprint density at radius 2 is 2.05 bits per heavy atom. The van der Waals surface area contributed by atoms with E-state index in [1.165, 1.54) is 12.1 Å². The van der Waals surface area contributed by atoms with Crippen molar-refractivity contribution in [1.82, 2.24) is 0 Å². The fourth-order valence-corrected chi connectivity index (χ4v) is 2.10. The van der Waals surface area contributed by atoms with E-state index in [2.05, 4.69) is 5.16 Å². The molecular weight excluding hydrogens is 293 g/mol. The molecule has 0 aliphatic rings. The zero-order chi connectivity index (χ0) is 15.4. The average Bonchev–Trinajstić information content (AvgIpc) is 2.48. The third kappa shape index (κ3) is 3.73. The molecule has 2 aromatic rings. The second-order valence-corrected chi connectivity index (χ2v) is 5.13. The van der Waals surface area contributed by atoms with Crippen LogP contribution in [0.1, 0.15) is 23.6 Å². The summed E-state index contributed by atoms with van der Waals surface area (Å²) in [7, 11) is 0. The Labute approximate surface area is 127 Å². The van der Waals surface area contributed by atoms with Gasteiger partial charge in [0.25, 0.3) is 0 Å². The molecule has 1 N–H and O–H groups in total. The van der Waals surface area contributed by atoms with Crippen molar-refractivity contribution in [2.75, 3.05) is 0 Å². The lowest BCUT2D eigenvalue weighted by molar-refractivity contribution is 0.303. The van der Waals surface area contributed by atoms with Gasteiger partial charge in [0.1, 0.15) is 18.2 Å². The van der Waals surface area contributed by atoms with Gasteiger partial charge in [0.05, 0.1) is 10.7 Å². The van der Waals surface area contributed by atoms with Crippen LogP contribution in [-0.2, 0) is 6.61 Å². The molecule has 0 radical (unpaired) electrons. The van der Waals surface area contributed by atoms with Gasteiger partial charge in [-0.3, -0.25) is 0 Å². The molecule has 0 unspecified atom stereocenters. The highest BCUT2D eigenvalue weighted by atomic mass is 35.5. The molecule has 0 aliphatic carbocycles. The molecule has 0 aliphatic heterocycles. The molecule has 0 saturated carbocycles. The van der Waals surface area contributed by atoms with Gasteiger partial charge < -0.3 is 9.94 Å². The molecule has 110 valence electrons. The molecule has 0 aromatic heterocycles. The molecule has 0 amide bonds. The van der Waals surface area contributed by atoms with E-state index in [0.29, 0.717) is 17.0 Å². The van der Waals surface area contributed by atoms with Crippen LogP contribution in [0.25, 0.3) is 0 Å². The Morgan fingerprint density at radius 1 is 1.29 bits per heavy atom. The van der Waals surface area contributed by atoms with Gasteiger partial charge in [-0.25, -0.2) is 4.39 Å². The summed E-state index contributed by atoms with van der Waals surface area (Å²) in [6, 6.07) is 10.0. The molecule has 2 rings (SSSR count). The Kier molecular flexibility index (Phi) is 4.81. The lowest BCUT2D eigenvalue weighted by Gasteiger charge is -2.12. The minimum atomic E-state index is -0.459. The molecule has 0 fully saturated rings. The van der Waals surface area contributed by atoms with Crippen LogP contribution in [0.4, 0.5) is 4.39 Å². The maximum Gasteiger partial charge on any atom is 0.141 e. The molecule has 5 heteroatoms. The second-order valence-electron chi connectivity index (χ2n) is 4.72. The predicted octanol–water partition coefficient (Wildman–Crippen LogP) is 4.56. The van der Waals surface area contributed by atoms with Crippen LogP contribution in [-0.4, -0.2) is 10.9 Å². The van der Waals surface area contributed by atoms with Gasteiger partial charge in [-0.2, -0.15) is 0 Å². The highest BCUT2D eigenvalue weighted by molar-refractivity contribution is 6.30. The second kappa shape index (κ2) is 6.59. The fraction of sp³-hybridized carbons (Fsp3) is 0.188. The summed E-state index contributed by atoms with van der Waals surface area (Å²) < 4.78 is 18.8. The lowest BCUT2D eigenvalue weighted by atomic mass is 10.1. The van der Waals surface area contributed by atoms with Crippen molar-refractivity contribution in [1.29, 1.82) is 0 Å². The average molecular weight is 308 g/mol. The van der Waals surface area contributed by atoms with E-state index in [1.54, 1.807) is 13.0 Å². The first-order chi connectivity index (χ1) is 10.0. The van der Waals surface area contributed by atoms with Crippen molar-refractivity contribution < 1.29 is 14.3 Å².